The Morgan fingerprint density at radius 3 is 2.61 bits per heavy atom. The number of rotatable bonds is 4. The van der Waals surface area contributed by atoms with Crippen molar-refractivity contribution in [3.63, 3.8) is 0 Å². The maximum atomic E-state index is 13.6. The maximum absolute atomic E-state index is 13.6. The third kappa shape index (κ3) is 4.51. The van der Waals surface area contributed by atoms with E-state index in [0.717, 1.165) is 74.6 Å². The number of nitrogens with two attached hydrogens (primary N) is 1. The highest BCUT2D eigenvalue weighted by molar-refractivity contribution is 6.34. The fourth-order valence-corrected chi connectivity index (χ4v) is 6.27. The van der Waals surface area contributed by atoms with Crippen LogP contribution < -0.4 is 16.0 Å². The Morgan fingerprint density at radius 1 is 1.08 bits per heavy atom. The molecular weight excluding hydrogens is 511 g/mol. The first-order chi connectivity index (χ1) is 18.4. The van der Waals surface area contributed by atoms with Crippen molar-refractivity contribution in [1.29, 1.82) is 5.41 Å². The van der Waals surface area contributed by atoms with Gasteiger partial charge in [0.1, 0.15) is 5.56 Å². The average Bonchev–Trinajstić information content (AvgIpc) is 3.03. The van der Waals surface area contributed by atoms with E-state index in [9.17, 15) is 9.18 Å². The highest BCUT2D eigenvalue weighted by Gasteiger charge is 2.35. The van der Waals surface area contributed by atoms with Crippen LogP contribution in [-0.4, -0.2) is 86.4 Å². The predicted octanol–water partition coefficient (Wildman–Crippen LogP) is 2.72. The van der Waals surface area contributed by atoms with Crippen LogP contribution in [0.4, 0.5) is 21.6 Å². The van der Waals surface area contributed by atoms with Crippen molar-refractivity contribution in [1.82, 2.24) is 29.4 Å². The Bertz CT molecular complexity index is 1380. The number of pyridine rings is 1. The number of anilines is 3. The number of hydrogen-bond acceptors (Lipinski definition) is 8. The predicted molar refractivity (Wildman–Crippen MR) is 143 cm³/mol. The molecule has 2 bridgehead atoms. The minimum atomic E-state index is -0.592. The molecule has 0 aliphatic carbocycles. The van der Waals surface area contributed by atoms with Crippen molar-refractivity contribution in [2.45, 2.75) is 31.7 Å². The molecule has 0 atom stereocenters. The van der Waals surface area contributed by atoms with Crippen molar-refractivity contribution >= 4 is 46.2 Å². The van der Waals surface area contributed by atoms with E-state index < -0.39 is 11.7 Å². The van der Waals surface area contributed by atoms with Gasteiger partial charge in [0.2, 0.25) is 0 Å². The van der Waals surface area contributed by atoms with Gasteiger partial charge in [-0.25, -0.2) is 13.9 Å². The second kappa shape index (κ2) is 9.99. The number of hydrogen-bond donors (Lipinski definition) is 3. The topological polar surface area (TPSA) is 132 Å². The van der Waals surface area contributed by atoms with Gasteiger partial charge in [0.25, 0.3) is 5.91 Å². The van der Waals surface area contributed by atoms with Crippen LogP contribution >= 0.6 is 11.6 Å². The second-order valence-corrected chi connectivity index (χ2v) is 10.6. The molecule has 11 nitrogen and oxygen atoms in total. The van der Waals surface area contributed by atoms with Crippen LogP contribution in [-0.2, 0) is 0 Å². The van der Waals surface area contributed by atoms with Gasteiger partial charge >= 0.3 is 0 Å². The molecule has 4 aliphatic rings. The molecule has 0 saturated carbocycles. The molecule has 13 heteroatoms. The molecule has 4 saturated heterocycles. The minimum absolute atomic E-state index is 0.0472. The summed E-state index contributed by atoms with van der Waals surface area (Å²) in [6, 6.07) is 0.481. The molecule has 0 aromatic carbocycles. The van der Waals surface area contributed by atoms with E-state index in [4.69, 9.17) is 22.7 Å². The minimum Gasteiger partial charge on any atom is -0.381 e. The van der Waals surface area contributed by atoms with Gasteiger partial charge < -0.3 is 25.8 Å². The smallest absolute Gasteiger partial charge is 0.263 e. The number of aromatic nitrogens is 4. The van der Waals surface area contributed by atoms with Gasteiger partial charge in [-0.2, -0.15) is 0 Å². The van der Waals surface area contributed by atoms with Crippen LogP contribution in [0, 0.1) is 17.1 Å². The molecule has 0 radical (unpaired) electrons. The summed E-state index contributed by atoms with van der Waals surface area (Å²) in [6.07, 6.45) is 9.15. The lowest BCUT2D eigenvalue weighted by Gasteiger charge is -2.40. The van der Waals surface area contributed by atoms with Crippen LogP contribution in [0.5, 0.6) is 0 Å². The summed E-state index contributed by atoms with van der Waals surface area (Å²) in [5, 5.41) is 16.3. The van der Waals surface area contributed by atoms with Crippen LogP contribution in [0.25, 0.3) is 5.65 Å². The molecule has 7 rings (SSSR count). The Morgan fingerprint density at radius 2 is 1.84 bits per heavy atom. The number of nitrogens with zero attached hydrogens (tertiary/aromatic N) is 7. The van der Waals surface area contributed by atoms with Crippen LogP contribution in [0.15, 0.2) is 24.8 Å². The normalized spacial score (nSPS) is 22.1. The fraction of sp³-hybridized carbons (Fsp3) is 0.480. The number of nitrogen functional groups attached to an aromatic ring is 1. The quantitative estimate of drug-likeness (QED) is 0.340. The number of amidine groups is 1. The largest absolute Gasteiger partial charge is 0.381 e. The lowest BCUT2D eigenvalue weighted by molar-refractivity contribution is 0.102. The monoisotopic (exact) mass is 540 g/mol. The molecule has 200 valence electrons. The van der Waals surface area contributed by atoms with Crippen LogP contribution in [0.2, 0.25) is 5.02 Å². The standard InChI is InChI=1S/C25H30ClFN10O/c26-18-12-30-13-19(32-25(38)20-22(28)33-37-14-16(27)11-31-24(20)37)21(18)35-7-1-15(2-8-35)23(29)36-10-9-34-5-3-17(36)4-6-34/h11-15,17,29H,1-10H2,(H2,28,33)(H,32,38). The molecule has 0 unspecified atom stereocenters. The number of fused-ring (bicyclic) bond motifs is 5. The molecule has 1 amide bonds. The third-order valence-electron chi connectivity index (χ3n) is 7.98. The zero-order valence-electron chi connectivity index (χ0n) is 20.9. The molecule has 4 fully saturated rings. The van der Waals surface area contributed by atoms with Gasteiger partial charge in [-0.05, 0) is 25.7 Å². The number of halogens is 2. The van der Waals surface area contributed by atoms with Crippen LogP contribution in [0.3, 0.4) is 0 Å². The fourth-order valence-electron chi connectivity index (χ4n) is 5.99. The van der Waals surface area contributed by atoms with Crippen molar-refractivity contribution in [2.75, 3.05) is 55.2 Å². The SMILES string of the molecule is N=C(C1CCN(c2c(Cl)cncc2NC(=O)c2c(N)nn3cc(F)cnc23)CC1)N1CCN2CCC1CC2. The Labute approximate surface area is 224 Å². The van der Waals surface area contributed by atoms with Crippen molar-refractivity contribution in [3.8, 4) is 0 Å². The van der Waals surface area contributed by atoms with Crippen LogP contribution in [0.1, 0.15) is 36.0 Å². The first kappa shape index (κ1) is 24.8. The van der Waals surface area contributed by atoms with E-state index in [0.29, 0.717) is 35.5 Å². The molecular formula is C25H30ClFN10O. The number of nitrogens with one attached hydrogen (secondary N) is 2. The molecule has 0 spiro atoms. The summed E-state index contributed by atoms with van der Waals surface area (Å²) in [5.74, 6) is -0.228. The summed E-state index contributed by atoms with van der Waals surface area (Å²) in [5.41, 5.74) is 7.28. The van der Waals surface area contributed by atoms with Gasteiger partial charge in [0, 0.05) is 57.4 Å². The Balaban J connectivity index is 1.18. The summed E-state index contributed by atoms with van der Waals surface area (Å²) < 4.78 is 14.7. The van der Waals surface area contributed by atoms with Gasteiger partial charge in [-0.3, -0.25) is 15.2 Å². The summed E-state index contributed by atoms with van der Waals surface area (Å²) in [7, 11) is 0. The Hall–Kier alpha value is -3.51. The van der Waals surface area contributed by atoms with E-state index in [1.54, 1.807) is 12.4 Å². The highest BCUT2D eigenvalue weighted by Crippen LogP contribution is 2.37. The van der Waals surface area contributed by atoms with Crippen molar-refractivity contribution < 1.29 is 9.18 Å². The maximum Gasteiger partial charge on any atom is 0.263 e. The summed E-state index contributed by atoms with van der Waals surface area (Å²) in [6.45, 7) is 5.64. The van der Waals surface area contributed by atoms with Gasteiger partial charge in [-0.1, -0.05) is 11.6 Å². The number of carbonyl (C=O) groups excluding carboxylic acids is 1. The third-order valence-corrected chi connectivity index (χ3v) is 8.26. The highest BCUT2D eigenvalue weighted by atomic mass is 35.5. The van der Waals surface area contributed by atoms with E-state index in [1.807, 2.05) is 0 Å². The number of piperidine rings is 2. The van der Waals surface area contributed by atoms with E-state index in [-0.39, 0.29) is 22.9 Å². The van der Waals surface area contributed by atoms with Gasteiger partial charge in [0.05, 0.1) is 40.8 Å². The van der Waals surface area contributed by atoms with Gasteiger partial charge in [0.15, 0.2) is 17.3 Å². The molecule has 3 aromatic heterocycles. The first-order valence-corrected chi connectivity index (χ1v) is 13.3. The summed E-state index contributed by atoms with van der Waals surface area (Å²) in [4.78, 5) is 28.4. The zero-order chi connectivity index (χ0) is 26.4. The van der Waals surface area contributed by atoms with E-state index in [1.165, 1.54) is 0 Å². The molecule has 4 aliphatic heterocycles. The second-order valence-electron chi connectivity index (χ2n) is 10.2. The molecule has 4 N–H and O–H groups in total. The molecule has 38 heavy (non-hydrogen) atoms. The molecule has 3 aromatic rings. The summed E-state index contributed by atoms with van der Waals surface area (Å²) >= 11 is 6.59. The molecule has 7 heterocycles. The number of carbonyl (C=O) groups is 1. The van der Waals surface area contributed by atoms with Crippen molar-refractivity contribution in [3.05, 3.63) is 41.2 Å². The number of amides is 1. The Kier molecular flexibility index (Phi) is 6.52. The lowest BCUT2D eigenvalue weighted by atomic mass is 9.93. The first-order valence-electron chi connectivity index (χ1n) is 13.0. The lowest BCUT2D eigenvalue weighted by Crippen LogP contribution is -2.47. The van der Waals surface area contributed by atoms with E-state index >= 15 is 0 Å². The zero-order valence-corrected chi connectivity index (χ0v) is 21.7. The van der Waals surface area contributed by atoms with Crippen molar-refractivity contribution in [2.24, 2.45) is 5.92 Å². The van der Waals surface area contributed by atoms with E-state index in [2.05, 4.69) is 35.1 Å². The van der Waals surface area contributed by atoms with Gasteiger partial charge in [-0.15, -0.1) is 5.10 Å². The average molecular weight is 541 g/mol.